The number of rotatable bonds is 6. The Morgan fingerprint density at radius 3 is 2.90 bits per heavy atom. The highest BCUT2D eigenvalue weighted by Crippen LogP contribution is 2.31. The minimum atomic E-state index is -0.295. The average molecular weight is 313 g/mol. The summed E-state index contributed by atoms with van der Waals surface area (Å²) in [5.41, 5.74) is -0.325. The van der Waals surface area contributed by atoms with Crippen LogP contribution < -0.4 is 11.0 Å². The molecule has 6 nitrogen and oxygen atoms in total. The molecule has 21 heavy (non-hydrogen) atoms. The topological polar surface area (TPSA) is 65.4 Å². The summed E-state index contributed by atoms with van der Waals surface area (Å²) in [4.78, 5) is 16.1. The Balaban J connectivity index is 1.98. The molecule has 1 unspecified atom stereocenters. The van der Waals surface area contributed by atoms with Gasteiger partial charge in [0.15, 0.2) is 0 Å². The van der Waals surface area contributed by atoms with Gasteiger partial charge in [-0.1, -0.05) is 0 Å². The number of anilines is 1. The lowest BCUT2D eigenvalue weighted by atomic mass is 10.4. The molecule has 0 saturated carbocycles. The van der Waals surface area contributed by atoms with E-state index in [1.165, 1.54) is 4.57 Å². The third-order valence-corrected chi connectivity index (χ3v) is 3.97. The molecule has 1 N–H and O–H groups in total. The minimum absolute atomic E-state index is 0.0298. The zero-order valence-electron chi connectivity index (χ0n) is 12.9. The van der Waals surface area contributed by atoms with Crippen LogP contribution in [0.1, 0.15) is 33.9 Å². The van der Waals surface area contributed by atoms with E-state index in [2.05, 4.69) is 10.3 Å². The van der Waals surface area contributed by atoms with Crippen LogP contribution >= 0.6 is 11.8 Å². The second kappa shape index (κ2) is 7.29. The number of nitrogens with one attached hydrogen (secondary N) is 1. The first-order valence-electron chi connectivity index (χ1n) is 7.20. The highest BCUT2D eigenvalue weighted by Gasteiger charge is 2.28. The fourth-order valence-electron chi connectivity index (χ4n) is 1.96. The number of hydrogen-bond acceptors (Lipinski definition) is 6. The van der Waals surface area contributed by atoms with E-state index in [0.717, 1.165) is 5.75 Å². The normalized spacial score (nSPS) is 22.2. The molecule has 1 aliphatic rings. The number of ether oxygens (including phenoxy) is 2. The van der Waals surface area contributed by atoms with Gasteiger partial charge in [-0.05, 0) is 33.8 Å². The van der Waals surface area contributed by atoms with Crippen LogP contribution in [-0.2, 0) is 9.47 Å². The van der Waals surface area contributed by atoms with Gasteiger partial charge in [0.1, 0.15) is 17.5 Å². The summed E-state index contributed by atoms with van der Waals surface area (Å²) < 4.78 is 12.9. The van der Waals surface area contributed by atoms with Crippen molar-refractivity contribution in [1.82, 2.24) is 9.55 Å². The van der Waals surface area contributed by atoms with Crippen LogP contribution in [0.15, 0.2) is 17.1 Å². The standard InChI is InChI=1S/C14H23N3O3S/c1-9(2)15-11-5-6-17(14(18)16-11)12-8-21-13(20-12)7-19-10(3)4/h5-6,9-10,12-13H,7-8H2,1-4H3,(H,15,16,18)/t12-,13?/m0/s1. The molecule has 0 radical (unpaired) electrons. The van der Waals surface area contributed by atoms with E-state index >= 15 is 0 Å². The Morgan fingerprint density at radius 2 is 2.29 bits per heavy atom. The molecule has 0 spiro atoms. The average Bonchev–Trinajstić information content (AvgIpc) is 2.84. The van der Waals surface area contributed by atoms with Gasteiger partial charge in [0.05, 0.1) is 12.7 Å². The lowest BCUT2D eigenvalue weighted by Gasteiger charge is -2.16. The number of hydrogen-bond donors (Lipinski definition) is 1. The Bertz CT molecular complexity index is 518. The quantitative estimate of drug-likeness (QED) is 0.867. The molecule has 0 aliphatic carbocycles. The minimum Gasteiger partial charge on any atom is -0.375 e. The number of nitrogens with zero attached hydrogens (tertiary/aromatic N) is 2. The summed E-state index contributed by atoms with van der Waals surface area (Å²) in [6, 6.07) is 2.04. The summed E-state index contributed by atoms with van der Waals surface area (Å²) >= 11 is 1.66. The predicted octanol–water partition coefficient (Wildman–Crippen LogP) is 2.08. The van der Waals surface area contributed by atoms with Gasteiger partial charge in [0.2, 0.25) is 0 Å². The Kier molecular flexibility index (Phi) is 5.66. The van der Waals surface area contributed by atoms with E-state index in [4.69, 9.17) is 9.47 Å². The molecule has 0 bridgehead atoms. The first kappa shape index (κ1) is 16.3. The fraction of sp³-hybridized carbons (Fsp3) is 0.714. The van der Waals surface area contributed by atoms with E-state index in [0.29, 0.717) is 12.4 Å². The van der Waals surface area contributed by atoms with Crippen LogP contribution in [0.3, 0.4) is 0 Å². The number of aromatic nitrogens is 2. The van der Waals surface area contributed by atoms with E-state index in [1.807, 2.05) is 27.7 Å². The molecule has 1 aliphatic heterocycles. The Labute approximate surface area is 129 Å². The van der Waals surface area contributed by atoms with Gasteiger partial charge in [0.25, 0.3) is 0 Å². The lowest BCUT2D eigenvalue weighted by molar-refractivity contribution is -0.0377. The summed E-state index contributed by atoms with van der Waals surface area (Å²) in [5.74, 6) is 1.32. The molecule has 1 fully saturated rings. The van der Waals surface area contributed by atoms with E-state index < -0.39 is 0 Å². The van der Waals surface area contributed by atoms with Crippen molar-refractivity contribution >= 4 is 17.6 Å². The second-order valence-electron chi connectivity index (χ2n) is 5.54. The first-order valence-corrected chi connectivity index (χ1v) is 8.25. The third-order valence-electron chi connectivity index (χ3n) is 2.88. The first-order chi connectivity index (χ1) is 9.95. The van der Waals surface area contributed by atoms with Crippen molar-refractivity contribution < 1.29 is 9.47 Å². The van der Waals surface area contributed by atoms with Crippen molar-refractivity contribution in [3.8, 4) is 0 Å². The largest absolute Gasteiger partial charge is 0.375 e. The van der Waals surface area contributed by atoms with Crippen LogP contribution in [0.25, 0.3) is 0 Å². The highest BCUT2D eigenvalue weighted by molar-refractivity contribution is 8.00. The molecule has 2 rings (SSSR count). The summed E-state index contributed by atoms with van der Waals surface area (Å²) in [5, 5.41) is 3.11. The zero-order valence-corrected chi connectivity index (χ0v) is 13.7. The third kappa shape index (κ3) is 4.72. The van der Waals surface area contributed by atoms with Crippen molar-refractivity contribution in [3.05, 3.63) is 22.7 Å². The molecule has 118 valence electrons. The van der Waals surface area contributed by atoms with Crippen molar-refractivity contribution in [3.63, 3.8) is 0 Å². The van der Waals surface area contributed by atoms with Gasteiger partial charge in [-0.2, -0.15) is 4.98 Å². The van der Waals surface area contributed by atoms with Crippen molar-refractivity contribution in [2.45, 2.75) is 51.5 Å². The van der Waals surface area contributed by atoms with Crippen molar-refractivity contribution in [2.75, 3.05) is 17.7 Å². The number of thioether (sulfide) groups is 1. The molecule has 1 aromatic rings. The molecule has 7 heteroatoms. The molecule has 2 atom stereocenters. The Morgan fingerprint density at radius 1 is 1.52 bits per heavy atom. The van der Waals surface area contributed by atoms with E-state index in [9.17, 15) is 4.79 Å². The molecule has 0 aromatic carbocycles. The summed E-state index contributed by atoms with van der Waals surface area (Å²) in [6.45, 7) is 8.53. The Hall–Kier alpha value is -1.05. The fourth-order valence-corrected chi connectivity index (χ4v) is 2.96. The van der Waals surface area contributed by atoms with Crippen LogP contribution in [0.5, 0.6) is 0 Å². The molecule has 2 heterocycles. The predicted molar refractivity (Wildman–Crippen MR) is 84.7 cm³/mol. The smallest absolute Gasteiger partial charge is 0.351 e. The van der Waals surface area contributed by atoms with Crippen LogP contribution in [0.2, 0.25) is 0 Å². The maximum absolute atomic E-state index is 12.1. The monoisotopic (exact) mass is 313 g/mol. The molecular formula is C14H23N3O3S. The lowest BCUT2D eigenvalue weighted by Crippen LogP contribution is -2.29. The summed E-state index contributed by atoms with van der Waals surface area (Å²) in [7, 11) is 0. The van der Waals surface area contributed by atoms with E-state index in [1.54, 1.807) is 24.0 Å². The van der Waals surface area contributed by atoms with Gasteiger partial charge in [-0.15, -0.1) is 11.8 Å². The molecular weight excluding hydrogens is 290 g/mol. The van der Waals surface area contributed by atoms with E-state index in [-0.39, 0.29) is 29.5 Å². The van der Waals surface area contributed by atoms with Crippen molar-refractivity contribution in [2.24, 2.45) is 0 Å². The molecule has 1 saturated heterocycles. The van der Waals surface area contributed by atoms with Gasteiger partial charge in [0, 0.05) is 18.0 Å². The molecule has 1 aromatic heterocycles. The van der Waals surface area contributed by atoms with Crippen LogP contribution in [0, 0.1) is 0 Å². The second-order valence-corrected chi connectivity index (χ2v) is 6.73. The summed E-state index contributed by atoms with van der Waals surface area (Å²) in [6.07, 6.45) is 1.64. The highest BCUT2D eigenvalue weighted by atomic mass is 32.2. The molecule has 0 amide bonds. The van der Waals surface area contributed by atoms with Gasteiger partial charge >= 0.3 is 5.69 Å². The van der Waals surface area contributed by atoms with Gasteiger partial charge in [-0.25, -0.2) is 4.79 Å². The maximum atomic E-state index is 12.1. The van der Waals surface area contributed by atoms with Crippen molar-refractivity contribution in [1.29, 1.82) is 0 Å². The zero-order chi connectivity index (χ0) is 15.4. The van der Waals surface area contributed by atoms with Crippen LogP contribution in [-0.4, -0.2) is 39.5 Å². The van der Waals surface area contributed by atoms with Gasteiger partial charge < -0.3 is 14.8 Å². The SMILES string of the molecule is CC(C)Nc1ccn([C@@H]2CSC(COC(C)C)O2)c(=O)n1. The maximum Gasteiger partial charge on any atom is 0.351 e. The van der Waals surface area contributed by atoms with Crippen LogP contribution in [0.4, 0.5) is 5.82 Å². The van der Waals surface area contributed by atoms with Gasteiger partial charge in [-0.3, -0.25) is 4.57 Å².